The summed E-state index contributed by atoms with van der Waals surface area (Å²) in [7, 11) is 0. The van der Waals surface area contributed by atoms with Gasteiger partial charge in [-0.1, -0.05) is 73.5 Å². The molecule has 0 saturated carbocycles. The lowest BCUT2D eigenvalue weighted by molar-refractivity contribution is 0.664. The SMILES string of the molecule is CCCCc1c(Cl)n(-c2ccccc2)c(=O)n1Cc1ccc(-c2ccccc2-c2nnn[nH]2)cn1. The van der Waals surface area contributed by atoms with Gasteiger partial charge in [-0.2, -0.15) is 0 Å². The van der Waals surface area contributed by atoms with Gasteiger partial charge in [0, 0.05) is 17.3 Å². The van der Waals surface area contributed by atoms with Crippen molar-refractivity contribution in [1.29, 1.82) is 0 Å². The van der Waals surface area contributed by atoms with Crippen molar-refractivity contribution >= 4 is 11.6 Å². The summed E-state index contributed by atoms with van der Waals surface area (Å²) in [5.41, 5.74) is 4.97. The summed E-state index contributed by atoms with van der Waals surface area (Å²) < 4.78 is 3.31. The predicted octanol–water partition coefficient (Wildman–Crippen LogP) is 4.93. The Bertz CT molecular complexity index is 1470. The number of tetrazole rings is 1. The van der Waals surface area contributed by atoms with Crippen LogP contribution in [0.15, 0.2) is 77.7 Å². The molecule has 0 spiro atoms. The molecule has 0 aliphatic carbocycles. The van der Waals surface area contributed by atoms with Gasteiger partial charge in [0.25, 0.3) is 0 Å². The number of rotatable bonds is 8. The smallest absolute Gasteiger partial charge is 0.288 e. The quantitative estimate of drug-likeness (QED) is 0.336. The van der Waals surface area contributed by atoms with Crippen LogP contribution in [-0.2, 0) is 13.0 Å². The Morgan fingerprint density at radius 2 is 1.74 bits per heavy atom. The van der Waals surface area contributed by atoms with Crippen LogP contribution in [0.1, 0.15) is 31.2 Å². The zero-order valence-electron chi connectivity index (χ0n) is 19.2. The minimum atomic E-state index is -0.165. The van der Waals surface area contributed by atoms with Crippen molar-refractivity contribution in [3.05, 3.63) is 100.0 Å². The molecule has 35 heavy (non-hydrogen) atoms. The van der Waals surface area contributed by atoms with Crippen LogP contribution in [0.3, 0.4) is 0 Å². The Balaban J connectivity index is 1.49. The maximum Gasteiger partial charge on any atom is 0.334 e. The zero-order valence-corrected chi connectivity index (χ0v) is 20.0. The van der Waals surface area contributed by atoms with Crippen molar-refractivity contribution in [1.82, 2.24) is 34.7 Å². The largest absolute Gasteiger partial charge is 0.334 e. The molecule has 5 rings (SSSR count). The van der Waals surface area contributed by atoms with Gasteiger partial charge in [0.2, 0.25) is 0 Å². The van der Waals surface area contributed by atoms with Gasteiger partial charge in [0.15, 0.2) is 5.82 Å². The van der Waals surface area contributed by atoms with Gasteiger partial charge in [-0.3, -0.25) is 14.1 Å². The molecule has 0 aliphatic rings. The highest BCUT2D eigenvalue weighted by Crippen LogP contribution is 2.29. The van der Waals surface area contributed by atoms with Crippen LogP contribution in [-0.4, -0.2) is 34.7 Å². The summed E-state index contributed by atoms with van der Waals surface area (Å²) in [6, 6.07) is 21.3. The topological polar surface area (TPSA) is 94.3 Å². The van der Waals surface area contributed by atoms with Crippen molar-refractivity contribution in [2.75, 3.05) is 0 Å². The van der Waals surface area contributed by atoms with Gasteiger partial charge >= 0.3 is 5.69 Å². The molecule has 0 unspecified atom stereocenters. The first-order valence-electron chi connectivity index (χ1n) is 11.5. The second kappa shape index (κ2) is 10.1. The van der Waals surface area contributed by atoms with E-state index in [2.05, 4.69) is 32.5 Å². The molecule has 9 heteroatoms. The third kappa shape index (κ3) is 4.52. The number of H-pyrrole nitrogens is 1. The van der Waals surface area contributed by atoms with Crippen molar-refractivity contribution < 1.29 is 0 Å². The van der Waals surface area contributed by atoms with Crippen LogP contribution in [0.2, 0.25) is 5.15 Å². The molecule has 176 valence electrons. The van der Waals surface area contributed by atoms with Crippen molar-refractivity contribution in [3.63, 3.8) is 0 Å². The number of nitrogens with one attached hydrogen (secondary N) is 1. The standard InChI is InChI=1S/C26H24ClN7O/c1-2-3-13-23-24(27)34(20-9-5-4-6-10-20)26(35)33(23)17-19-15-14-18(16-28-19)21-11-7-8-12-22(21)25-29-31-32-30-25/h4-12,14-16H,2-3,13,17H2,1H3,(H,29,30,31,32). The number of benzene rings is 2. The van der Waals surface area contributed by atoms with E-state index >= 15 is 0 Å². The monoisotopic (exact) mass is 485 g/mol. The molecule has 0 saturated heterocycles. The summed E-state index contributed by atoms with van der Waals surface area (Å²) in [5.74, 6) is 0.591. The minimum Gasteiger partial charge on any atom is -0.288 e. The second-order valence-corrected chi connectivity index (χ2v) is 8.57. The lowest BCUT2D eigenvalue weighted by Gasteiger charge is -2.09. The second-order valence-electron chi connectivity index (χ2n) is 8.21. The molecule has 0 atom stereocenters. The fourth-order valence-electron chi connectivity index (χ4n) is 4.16. The summed E-state index contributed by atoms with van der Waals surface area (Å²) in [5, 5.41) is 14.7. The molecule has 0 aliphatic heterocycles. The number of hydrogen-bond acceptors (Lipinski definition) is 5. The molecule has 0 amide bonds. The number of hydrogen-bond donors (Lipinski definition) is 1. The van der Waals surface area contributed by atoms with E-state index in [0.717, 1.165) is 53.0 Å². The highest BCUT2D eigenvalue weighted by molar-refractivity contribution is 6.30. The molecule has 0 radical (unpaired) electrons. The zero-order chi connectivity index (χ0) is 24.2. The Kier molecular flexibility index (Phi) is 6.54. The van der Waals surface area contributed by atoms with E-state index in [1.54, 1.807) is 9.13 Å². The van der Waals surface area contributed by atoms with Crippen molar-refractivity contribution in [2.45, 2.75) is 32.7 Å². The van der Waals surface area contributed by atoms with Crippen LogP contribution in [0.5, 0.6) is 0 Å². The van der Waals surface area contributed by atoms with Gasteiger partial charge in [0.05, 0.1) is 23.6 Å². The number of halogens is 1. The first-order chi connectivity index (χ1) is 17.2. The van der Waals surface area contributed by atoms with Gasteiger partial charge in [-0.25, -0.2) is 9.89 Å². The number of unbranched alkanes of at least 4 members (excludes halogenated alkanes) is 1. The van der Waals surface area contributed by atoms with Gasteiger partial charge in [-0.05, 0) is 47.0 Å². The maximum atomic E-state index is 13.4. The third-order valence-electron chi connectivity index (χ3n) is 5.95. The summed E-state index contributed by atoms with van der Waals surface area (Å²) in [6.45, 7) is 2.46. The number of para-hydroxylation sites is 1. The number of imidazole rings is 1. The van der Waals surface area contributed by atoms with Gasteiger partial charge < -0.3 is 0 Å². The average molecular weight is 486 g/mol. The highest BCUT2D eigenvalue weighted by Gasteiger charge is 2.20. The molecule has 1 N–H and O–H groups in total. The Morgan fingerprint density at radius 1 is 0.971 bits per heavy atom. The summed E-state index contributed by atoms with van der Waals surface area (Å²) in [4.78, 5) is 18.1. The Hall–Kier alpha value is -4.04. The molecule has 0 fully saturated rings. The van der Waals surface area contributed by atoms with Crippen LogP contribution in [0, 0.1) is 0 Å². The Morgan fingerprint density at radius 3 is 2.43 bits per heavy atom. The average Bonchev–Trinajstić information content (AvgIpc) is 3.51. The molecular weight excluding hydrogens is 462 g/mol. The van der Waals surface area contributed by atoms with Gasteiger partial charge in [-0.15, -0.1) is 5.10 Å². The van der Waals surface area contributed by atoms with Crippen LogP contribution in [0.25, 0.3) is 28.2 Å². The fraction of sp³-hybridized carbons (Fsp3) is 0.192. The van der Waals surface area contributed by atoms with Crippen LogP contribution in [0.4, 0.5) is 0 Å². The normalized spacial score (nSPS) is 11.1. The first kappa shape index (κ1) is 22.7. The van der Waals surface area contributed by atoms with E-state index in [4.69, 9.17) is 11.6 Å². The van der Waals surface area contributed by atoms with E-state index in [9.17, 15) is 4.79 Å². The Labute approximate surface area is 207 Å². The maximum absolute atomic E-state index is 13.4. The minimum absolute atomic E-state index is 0.165. The van der Waals surface area contributed by atoms with Crippen LogP contribution < -0.4 is 5.69 Å². The van der Waals surface area contributed by atoms with E-state index in [1.165, 1.54) is 0 Å². The lowest BCUT2D eigenvalue weighted by atomic mass is 10.0. The molecule has 5 aromatic rings. The van der Waals surface area contributed by atoms with Crippen LogP contribution >= 0.6 is 11.6 Å². The van der Waals surface area contributed by atoms with E-state index in [0.29, 0.717) is 17.5 Å². The fourth-order valence-corrected chi connectivity index (χ4v) is 4.53. The molecule has 2 aromatic carbocycles. The lowest BCUT2D eigenvalue weighted by Crippen LogP contribution is -2.25. The molecule has 3 aromatic heterocycles. The number of nitrogens with zero attached hydrogens (tertiary/aromatic N) is 6. The highest BCUT2D eigenvalue weighted by atomic mass is 35.5. The first-order valence-corrected chi connectivity index (χ1v) is 11.9. The van der Waals surface area contributed by atoms with E-state index in [1.807, 2.05) is 72.9 Å². The van der Waals surface area contributed by atoms with E-state index < -0.39 is 0 Å². The van der Waals surface area contributed by atoms with Gasteiger partial charge in [0.1, 0.15) is 5.15 Å². The third-order valence-corrected chi connectivity index (χ3v) is 6.33. The van der Waals surface area contributed by atoms with Crippen molar-refractivity contribution in [2.24, 2.45) is 0 Å². The number of pyridine rings is 1. The number of aromatic amines is 1. The molecule has 8 nitrogen and oxygen atoms in total. The number of aromatic nitrogens is 7. The molecule has 3 heterocycles. The molecule has 0 bridgehead atoms. The van der Waals surface area contributed by atoms with Crippen molar-refractivity contribution in [3.8, 4) is 28.2 Å². The summed E-state index contributed by atoms with van der Waals surface area (Å²) in [6.07, 6.45) is 4.48. The van der Waals surface area contributed by atoms with E-state index in [-0.39, 0.29) is 5.69 Å². The molecular formula is C26H24ClN7O. The predicted molar refractivity (Wildman–Crippen MR) is 136 cm³/mol. The summed E-state index contributed by atoms with van der Waals surface area (Å²) >= 11 is 6.75.